The number of carbonyl (C=O) groups is 1. The van der Waals surface area contributed by atoms with Crippen LogP contribution < -0.4 is 16.6 Å². The van der Waals surface area contributed by atoms with Gasteiger partial charge in [-0.3, -0.25) is 4.79 Å². The molecule has 0 fully saturated rings. The summed E-state index contributed by atoms with van der Waals surface area (Å²) in [7, 11) is 0. The van der Waals surface area contributed by atoms with E-state index in [0.717, 1.165) is 0 Å². The van der Waals surface area contributed by atoms with Crippen molar-refractivity contribution in [2.45, 2.75) is 0 Å². The van der Waals surface area contributed by atoms with E-state index in [1.54, 1.807) is 6.07 Å². The van der Waals surface area contributed by atoms with Crippen LogP contribution in [0, 0.1) is 5.82 Å². The molecular weight excluding hydrogens is 235 g/mol. The number of amides is 1. The second-order valence-corrected chi connectivity index (χ2v) is 3.54. The fourth-order valence-corrected chi connectivity index (χ4v) is 1.42. The molecule has 1 amide bonds. The fourth-order valence-electron chi connectivity index (χ4n) is 1.42. The second-order valence-electron chi connectivity index (χ2n) is 3.54. The van der Waals surface area contributed by atoms with Crippen LogP contribution in [0.25, 0.3) is 0 Å². The number of anilines is 2. The lowest BCUT2D eigenvalue weighted by molar-refractivity contribution is 0.102. The highest BCUT2D eigenvalue weighted by Gasteiger charge is 2.07. The minimum Gasteiger partial charge on any atom is -0.322 e. The van der Waals surface area contributed by atoms with E-state index in [0.29, 0.717) is 17.1 Å². The first kappa shape index (κ1) is 12.0. The van der Waals surface area contributed by atoms with Crippen LogP contribution in [0.3, 0.4) is 0 Å². The number of hydrogen-bond acceptors (Lipinski definition) is 4. The van der Waals surface area contributed by atoms with Crippen molar-refractivity contribution in [3.8, 4) is 0 Å². The number of halogens is 1. The molecule has 0 saturated carbocycles. The van der Waals surface area contributed by atoms with E-state index >= 15 is 0 Å². The summed E-state index contributed by atoms with van der Waals surface area (Å²) in [5.74, 6) is 4.80. The maximum atomic E-state index is 13.0. The summed E-state index contributed by atoms with van der Waals surface area (Å²) in [6.45, 7) is 0. The zero-order valence-electron chi connectivity index (χ0n) is 9.35. The normalized spacial score (nSPS) is 9.89. The van der Waals surface area contributed by atoms with E-state index < -0.39 is 5.82 Å². The van der Waals surface area contributed by atoms with Crippen molar-refractivity contribution in [2.75, 3.05) is 10.7 Å². The number of nitrogen functional groups attached to an aromatic ring is 1. The largest absolute Gasteiger partial charge is 0.322 e. The van der Waals surface area contributed by atoms with E-state index in [2.05, 4.69) is 15.7 Å². The lowest BCUT2D eigenvalue weighted by atomic mass is 10.2. The molecule has 0 aliphatic heterocycles. The molecule has 5 nitrogen and oxygen atoms in total. The third-order valence-electron chi connectivity index (χ3n) is 2.25. The summed E-state index contributed by atoms with van der Waals surface area (Å²) in [5, 5.41) is 2.58. The first-order valence-corrected chi connectivity index (χ1v) is 5.18. The number of carbonyl (C=O) groups excluding carboxylic acids is 1. The van der Waals surface area contributed by atoms with Crippen LogP contribution in [0.4, 0.5) is 15.9 Å². The van der Waals surface area contributed by atoms with Gasteiger partial charge in [-0.2, -0.15) is 0 Å². The van der Waals surface area contributed by atoms with E-state index in [9.17, 15) is 9.18 Å². The molecule has 1 aromatic carbocycles. The van der Waals surface area contributed by atoms with Gasteiger partial charge in [-0.15, -0.1) is 0 Å². The molecule has 0 aliphatic rings. The minimum atomic E-state index is -0.410. The first-order chi connectivity index (χ1) is 8.69. The summed E-state index contributed by atoms with van der Waals surface area (Å²) in [6, 6.07) is 8.69. The van der Waals surface area contributed by atoms with Gasteiger partial charge in [0, 0.05) is 17.4 Å². The number of nitrogens with zero attached hydrogens (tertiary/aromatic N) is 1. The molecule has 0 radical (unpaired) electrons. The number of hydrogen-bond donors (Lipinski definition) is 3. The van der Waals surface area contributed by atoms with Gasteiger partial charge in [-0.25, -0.2) is 15.2 Å². The van der Waals surface area contributed by atoms with Crippen molar-refractivity contribution in [3.63, 3.8) is 0 Å². The average molecular weight is 246 g/mol. The Hall–Kier alpha value is -2.47. The van der Waals surface area contributed by atoms with Crippen molar-refractivity contribution in [1.82, 2.24) is 4.98 Å². The molecule has 18 heavy (non-hydrogen) atoms. The molecule has 0 aliphatic carbocycles. The van der Waals surface area contributed by atoms with Crippen molar-refractivity contribution < 1.29 is 9.18 Å². The third kappa shape index (κ3) is 2.80. The van der Waals surface area contributed by atoms with Crippen LogP contribution in [-0.4, -0.2) is 10.9 Å². The molecule has 0 unspecified atom stereocenters. The van der Waals surface area contributed by atoms with Crippen molar-refractivity contribution in [1.29, 1.82) is 0 Å². The average Bonchev–Trinajstić information content (AvgIpc) is 2.39. The zero-order valence-corrected chi connectivity index (χ0v) is 9.35. The van der Waals surface area contributed by atoms with Gasteiger partial charge in [0.05, 0.1) is 0 Å². The number of aromatic nitrogens is 1. The monoisotopic (exact) mass is 246 g/mol. The van der Waals surface area contributed by atoms with Crippen LogP contribution >= 0.6 is 0 Å². The highest BCUT2D eigenvalue weighted by atomic mass is 19.1. The smallest absolute Gasteiger partial charge is 0.255 e. The molecule has 1 aromatic heterocycles. The van der Waals surface area contributed by atoms with Crippen LogP contribution in [0.5, 0.6) is 0 Å². The number of nitrogens with one attached hydrogen (secondary N) is 2. The molecule has 0 atom stereocenters. The van der Waals surface area contributed by atoms with Gasteiger partial charge >= 0.3 is 0 Å². The molecule has 2 rings (SSSR count). The summed E-state index contributed by atoms with van der Waals surface area (Å²) < 4.78 is 13.0. The Morgan fingerprint density at radius 1 is 1.28 bits per heavy atom. The maximum Gasteiger partial charge on any atom is 0.255 e. The Labute approximate surface area is 103 Å². The summed E-state index contributed by atoms with van der Waals surface area (Å²) >= 11 is 0. The Morgan fingerprint density at radius 2 is 2.11 bits per heavy atom. The van der Waals surface area contributed by atoms with E-state index in [1.807, 2.05) is 0 Å². The van der Waals surface area contributed by atoms with Gasteiger partial charge in [-0.05, 0) is 30.3 Å². The van der Waals surface area contributed by atoms with E-state index in [-0.39, 0.29) is 5.91 Å². The van der Waals surface area contributed by atoms with Gasteiger partial charge in [0.2, 0.25) is 0 Å². The number of benzene rings is 1. The van der Waals surface area contributed by atoms with Crippen molar-refractivity contribution in [2.24, 2.45) is 5.84 Å². The van der Waals surface area contributed by atoms with Gasteiger partial charge in [0.25, 0.3) is 5.91 Å². The van der Waals surface area contributed by atoms with Crippen LogP contribution in [0.15, 0.2) is 42.6 Å². The van der Waals surface area contributed by atoms with E-state index in [4.69, 9.17) is 5.84 Å². The quantitative estimate of drug-likeness (QED) is 0.569. The van der Waals surface area contributed by atoms with Gasteiger partial charge in [0.1, 0.15) is 11.6 Å². The SMILES string of the molecule is NNc1cc(C(=O)Nc2cccc(F)c2)ccn1. The Bertz CT molecular complexity index is 574. The summed E-state index contributed by atoms with van der Waals surface area (Å²) in [4.78, 5) is 15.7. The Kier molecular flexibility index (Phi) is 3.49. The van der Waals surface area contributed by atoms with Gasteiger partial charge in [-0.1, -0.05) is 6.07 Å². The molecule has 6 heteroatoms. The number of pyridine rings is 1. The number of hydrazine groups is 1. The summed E-state index contributed by atoms with van der Waals surface area (Å²) in [6.07, 6.45) is 1.45. The van der Waals surface area contributed by atoms with Crippen molar-refractivity contribution in [3.05, 3.63) is 54.0 Å². The predicted molar refractivity (Wildman–Crippen MR) is 66.4 cm³/mol. The molecule has 0 spiro atoms. The van der Waals surface area contributed by atoms with Crippen LogP contribution in [0.2, 0.25) is 0 Å². The molecule has 1 heterocycles. The maximum absolute atomic E-state index is 13.0. The first-order valence-electron chi connectivity index (χ1n) is 5.18. The van der Waals surface area contributed by atoms with Gasteiger partial charge in [0.15, 0.2) is 0 Å². The molecule has 92 valence electrons. The number of rotatable bonds is 3. The molecule has 2 aromatic rings. The second kappa shape index (κ2) is 5.24. The molecule has 0 saturated heterocycles. The minimum absolute atomic E-state index is 0.362. The molecule has 4 N–H and O–H groups in total. The molecule has 0 bridgehead atoms. The van der Waals surface area contributed by atoms with Crippen molar-refractivity contribution >= 4 is 17.4 Å². The predicted octanol–water partition coefficient (Wildman–Crippen LogP) is 1.76. The third-order valence-corrected chi connectivity index (χ3v) is 2.25. The van der Waals surface area contributed by atoms with Crippen LogP contribution in [-0.2, 0) is 0 Å². The number of nitrogens with two attached hydrogens (primary N) is 1. The lowest BCUT2D eigenvalue weighted by Gasteiger charge is -2.06. The zero-order chi connectivity index (χ0) is 13.0. The standard InChI is InChI=1S/C12H11FN4O/c13-9-2-1-3-10(7-9)16-12(18)8-4-5-15-11(6-8)17-14/h1-7H,14H2,(H,15,17)(H,16,18). The van der Waals surface area contributed by atoms with E-state index in [1.165, 1.54) is 36.5 Å². The van der Waals surface area contributed by atoms with Gasteiger partial charge < -0.3 is 10.7 Å². The highest BCUT2D eigenvalue weighted by molar-refractivity contribution is 6.04. The topological polar surface area (TPSA) is 80.0 Å². The van der Waals surface area contributed by atoms with Crippen LogP contribution in [0.1, 0.15) is 10.4 Å². The Balaban J connectivity index is 2.16. The lowest BCUT2D eigenvalue weighted by Crippen LogP contribution is -2.14. The highest BCUT2D eigenvalue weighted by Crippen LogP contribution is 2.12. The fraction of sp³-hybridized carbons (Fsp3) is 0. The Morgan fingerprint density at radius 3 is 2.83 bits per heavy atom. The summed E-state index contributed by atoms with van der Waals surface area (Å²) in [5.41, 5.74) is 3.11. The molecular formula is C12H11FN4O.